The first-order chi connectivity index (χ1) is 10.2. The van der Waals surface area contributed by atoms with E-state index in [1.807, 2.05) is 0 Å². The van der Waals surface area contributed by atoms with Crippen LogP contribution in [0.3, 0.4) is 0 Å². The smallest absolute Gasteiger partial charge is 0.264 e. The summed E-state index contributed by atoms with van der Waals surface area (Å²) in [5.41, 5.74) is 0.539. The van der Waals surface area contributed by atoms with Gasteiger partial charge in [0.05, 0.1) is 5.69 Å². The number of nitrogens with one attached hydrogen (secondary N) is 2. The SMILES string of the molecule is O=C(CCc1ccc(=O)[nH]n1)NC[C@H]1CC[C@@H]2CCC[C@@H]21. The van der Waals surface area contributed by atoms with Gasteiger partial charge in [-0.3, -0.25) is 9.59 Å². The average Bonchev–Trinajstić information content (AvgIpc) is 3.08. The van der Waals surface area contributed by atoms with Crippen molar-refractivity contribution in [3.8, 4) is 0 Å². The molecule has 0 aromatic carbocycles. The largest absolute Gasteiger partial charge is 0.356 e. The number of carbonyl (C=O) groups is 1. The highest BCUT2D eigenvalue weighted by molar-refractivity contribution is 5.76. The third-order valence-corrected chi connectivity index (χ3v) is 5.14. The van der Waals surface area contributed by atoms with Crippen molar-refractivity contribution in [3.63, 3.8) is 0 Å². The van der Waals surface area contributed by atoms with Crippen LogP contribution in [0.1, 0.15) is 44.2 Å². The molecule has 0 saturated heterocycles. The van der Waals surface area contributed by atoms with Crippen molar-refractivity contribution >= 4 is 5.91 Å². The van der Waals surface area contributed by atoms with E-state index in [0.717, 1.165) is 24.1 Å². The van der Waals surface area contributed by atoms with Crippen LogP contribution in [0.25, 0.3) is 0 Å². The number of H-pyrrole nitrogens is 1. The van der Waals surface area contributed by atoms with Crippen LogP contribution in [0, 0.1) is 17.8 Å². The van der Waals surface area contributed by atoms with Crippen LogP contribution in [0.15, 0.2) is 16.9 Å². The van der Waals surface area contributed by atoms with Gasteiger partial charge in [0, 0.05) is 25.5 Å². The first kappa shape index (κ1) is 14.3. The third-order valence-electron chi connectivity index (χ3n) is 5.14. The highest BCUT2D eigenvalue weighted by Gasteiger charge is 2.38. The minimum atomic E-state index is -0.212. The number of nitrogens with zero attached hydrogens (tertiary/aromatic N) is 1. The Morgan fingerprint density at radius 3 is 3.00 bits per heavy atom. The molecule has 0 aliphatic heterocycles. The molecule has 21 heavy (non-hydrogen) atoms. The van der Waals surface area contributed by atoms with Gasteiger partial charge < -0.3 is 5.32 Å². The number of aromatic nitrogens is 2. The van der Waals surface area contributed by atoms with Crippen LogP contribution in [-0.4, -0.2) is 22.6 Å². The van der Waals surface area contributed by atoms with Crippen LogP contribution < -0.4 is 10.9 Å². The Hall–Kier alpha value is -1.65. The van der Waals surface area contributed by atoms with E-state index in [-0.39, 0.29) is 11.5 Å². The number of rotatable bonds is 5. The van der Waals surface area contributed by atoms with E-state index in [2.05, 4.69) is 15.5 Å². The first-order valence-corrected chi connectivity index (χ1v) is 8.03. The van der Waals surface area contributed by atoms with E-state index >= 15 is 0 Å². The number of hydrogen-bond acceptors (Lipinski definition) is 3. The Morgan fingerprint density at radius 2 is 2.19 bits per heavy atom. The zero-order valence-corrected chi connectivity index (χ0v) is 12.3. The molecule has 5 nitrogen and oxygen atoms in total. The van der Waals surface area contributed by atoms with Crippen molar-refractivity contribution in [2.24, 2.45) is 17.8 Å². The number of fused-ring (bicyclic) bond motifs is 1. The Labute approximate surface area is 124 Å². The normalized spacial score (nSPS) is 27.5. The topological polar surface area (TPSA) is 74.8 Å². The van der Waals surface area contributed by atoms with Crippen molar-refractivity contribution in [2.45, 2.75) is 44.9 Å². The van der Waals surface area contributed by atoms with Gasteiger partial charge in [0.2, 0.25) is 5.91 Å². The monoisotopic (exact) mass is 289 g/mol. The summed E-state index contributed by atoms with van der Waals surface area (Å²) < 4.78 is 0. The summed E-state index contributed by atoms with van der Waals surface area (Å²) in [6.07, 6.45) is 7.75. The number of aryl methyl sites for hydroxylation is 1. The molecule has 2 N–H and O–H groups in total. The molecule has 0 spiro atoms. The fourth-order valence-electron chi connectivity index (χ4n) is 4.03. The fraction of sp³-hybridized carbons (Fsp3) is 0.688. The summed E-state index contributed by atoms with van der Waals surface area (Å²) in [6, 6.07) is 3.12. The van der Waals surface area contributed by atoms with E-state index in [4.69, 9.17) is 0 Å². The van der Waals surface area contributed by atoms with E-state index < -0.39 is 0 Å². The molecule has 0 bridgehead atoms. The molecule has 1 amide bonds. The Bertz CT molecular complexity index is 534. The molecule has 5 heteroatoms. The van der Waals surface area contributed by atoms with Gasteiger partial charge in [-0.05, 0) is 43.1 Å². The van der Waals surface area contributed by atoms with Gasteiger partial charge in [-0.2, -0.15) is 5.10 Å². The van der Waals surface area contributed by atoms with E-state index in [0.29, 0.717) is 18.8 Å². The molecular weight excluding hydrogens is 266 g/mol. The Balaban J connectivity index is 1.40. The van der Waals surface area contributed by atoms with E-state index in [9.17, 15) is 9.59 Å². The Morgan fingerprint density at radius 1 is 1.29 bits per heavy atom. The lowest BCUT2D eigenvalue weighted by Gasteiger charge is -2.18. The maximum atomic E-state index is 11.9. The summed E-state index contributed by atoms with van der Waals surface area (Å²) in [5.74, 6) is 2.56. The minimum absolute atomic E-state index is 0.0875. The molecule has 2 aliphatic rings. The minimum Gasteiger partial charge on any atom is -0.356 e. The highest BCUT2D eigenvalue weighted by atomic mass is 16.1. The quantitative estimate of drug-likeness (QED) is 0.865. The molecule has 3 rings (SSSR count). The molecule has 2 fully saturated rings. The molecule has 114 valence electrons. The highest BCUT2D eigenvalue weighted by Crippen LogP contribution is 2.47. The van der Waals surface area contributed by atoms with Crippen LogP contribution in [0.5, 0.6) is 0 Å². The number of carbonyl (C=O) groups excluding carboxylic acids is 1. The fourth-order valence-corrected chi connectivity index (χ4v) is 4.03. The zero-order valence-electron chi connectivity index (χ0n) is 12.3. The van der Waals surface area contributed by atoms with Gasteiger partial charge in [0.1, 0.15) is 0 Å². The maximum Gasteiger partial charge on any atom is 0.264 e. The van der Waals surface area contributed by atoms with Gasteiger partial charge in [0.15, 0.2) is 0 Å². The van der Waals surface area contributed by atoms with Crippen molar-refractivity contribution in [1.82, 2.24) is 15.5 Å². The first-order valence-electron chi connectivity index (χ1n) is 8.03. The zero-order chi connectivity index (χ0) is 14.7. The lowest BCUT2D eigenvalue weighted by atomic mass is 9.92. The van der Waals surface area contributed by atoms with Crippen molar-refractivity contribution < 1.29 is 4.79 Å². The third kappa shape index (κ3) is 3.52. The van der Waals surface area contributed by atoms with Gasteiger partial charge in [0.25, 0.3) is 5.56 Å². The summed E-state index contributed by atoms with van der Waals surface area (Å²) in [6.45, 7) is 0.832. The van der Waals surface area contributed by atoms with E-state index in [1.54, 1.807) is 6.07 Å². The summed E-state index contributed by atoms with van der Waals surface area (Å²) in [7, 11) is 0. The molecule has 3 atom stereocenters. The second-order valence-corrected chi connectivity index (χ2v) is 6.41. The molecule has 1 aromatic heterocycles. The maximum absolute atomic E-state index is 11.9. The van der Waals surface area contributed by atoms with Crippen LogP contribution in [-0.2, 0) is 11.2 Å². The molecule has 0 radical (unpaired) electrons. The van der Waals surface area contributed by atoms with Crippen molar-refractivity contribution in [3.05, 3.63) is 28.2 Å². The van der Waals surface area contributed by atoms with Gasteiger partial charge in [-0.15, -0.1) is 0 Å². The molecule has 1 heterocycles. The van der Waals surface area contributed by atoms with Gasteiger partial charge in [-0.25, -0.2) is 5.10 Å². The van der Waals surface area contributed by atoms with Crippen LogP contribution in [0.2, 0.25) is 0 Å². The molecule has 1 aromatic rings. The number of hydrogen-bond donors (Lipinski definition) is 2. The lowest BCUT2D eigenvalue weighted by molar-refractivity contribution is -0.121. The van der Waals surface area contributed by atoms with Gasteiger partial charge >= 0.3 is 0 Å². The molecule has 2 aliphatic carbocycles. The standard InChI is InChI=1S/C16H23N3O2/c20-15(8-6-13-7-9-16(21)19-18-13)17-10-12-5-4-11-2-1-3-14(11)12/h7,9,11-12,14H,1-6,8,10H2,(H,17,20)(H,19,21)/t11-,12+,14-/m0/s1. The summed E-state index contributed by atoms with van der Waals surface area (Å²) >= 11 is 0. The van der Waals surface area contributed by atoms with E-state index in [1.165, 1.54) is 38.2 Å². The predicted molar refractivity (Wildman–Crippen MR) is 79.7 cm³/mol. The molecular formula is C16H23N3O2. The average molecular weight is 289 g/mol. The van der Waals surface area contributed by atoms with Crippen LogP contribution >= 0.6 is 0 Å². The Kier molecular flexibility index (Phi) is 4.36. The summed E-state index contributed by atoms with van der Waals surface area (Å²) in [5, 5.41) is 9.38. The number of aromatic amines is 1. The lowest BCUT2D eigenvalue weighted by Crippen LogP contribution is -2.31. The predicted octanol–water partition coefficient (Wildman–Crippen LogP) is 1.64. The van der Waals surface area contributed by atoms with Crippen LogP contribution in [0.4, 0.5) is 0 Å². The van der Waals surface area contributed by atoms with Crippen molar-refractivity contribution in [1.29, 1.82) is 0 Å². The number of amides is 1. The molecule has 0 unspecified atom stereocenters. The second kappa shape index (κ2) is 6.41. The van der Waals surface area contributed by atoms with Gasteiger partial charge in [-0.1, -0.05) is 12.8 Å². The van der Waals surface area contributed by atoms with Crippen molar-refractivity contribution in [2.75, 3.05) is 6.54 Å². The summed E-state index contributed by atoms with van der Waals surface area (Å²) in [4.78, 5) is 22.8. The molecule has 2 saturated carbocycles. The second-order valence-electron chi connectivity index (χ2n) is 6.41.